The summed E-state index contributed by atoms with van der Waals surface area (Å²) in [6.07, 6.45) is 3.02. The van der Waals surface area contributed by atoms with Gasteiger partial charge in [0, 0.05) is 5.56 Å². The molecule has 1 aromatic heterocycles. The van der Waals surface area contributed by atoms with Crippen LogP contribution in [0.2, 0.25) is 0 Å². The van der Waals surface area contributed by atoms with Crippen molar-refractivity contribution in [2.45, 2.75) is 0 Å². The van der Waals surface area contributed by atoms with Crippen molar-refractivity contribution in [1.29, 1.82) is 0 Å². The van der Waals surface area contributed by atoms with Gasteiger partial charge in [-0.05, 0) is 24.4 Å². The summed E-state index contributed by atoms with van der Waals surface area (Å²) in [4.78, 5) is 3.86. The first-order valence-electron chi connectivity index (χ1n) is 4.32. The molecule has 1 aromatic carbocycles. The number of benzene rings is 1. The lowest BCUT2D eigenvalue weighted by Crippen LogP contribution is -2.19. The number of hydrogen-bond donors (Lipinski definition) is 2. The summed E-state index contributed by atoms with van der Waals surface area (Å²) in [6.45, 7) is 0. The van der Waals surface area contributed by atoms with E-state index in [9.17, 15) is 0 Å². The highest BCUT2D eigenvalue weighted by Crippen LogP contribution is 2.26. The zero-order chi connectivity index (χ0) is 10.7. The molecule has 5 heteroatoms. The van der Waals surface area contributed by atoms with E-state index in [0.29, 0.717) is 5.76 Å². The number of aromatic nitrogens is 1. The van der Waals surface area contributed by atoms with Gasteiger partial charge >= 0.3 is 0 Å². The fourth-order valence-corrected chi connectivity index (χ4v) is 1.40. The Labute approximate surface area is 92.1 Å². The van der Waals surface area contributed by atoms with Gasteiger partial charge in [0.25, 0.3) is 0 Å². The van der Waals surface area contributed by atoms with E-state index in [4.69, 9.17) is 22.4 Å². The summed E-state index contributed by atoms with van der Waals surface area (Å²) < 4.78 is 5.21. The van der Waals surface area contributed by atoms with Crippen LogP contribution in [0.1, 0.15) is 0 Å². The number of hydrogen-bond acceptors (Lipinski definition) is 3. The van der Waals surface area contributed by atoms with Crippen molar-refractivity contribution in [3.63, 3.8) is 0 Å². The summed E-state index contributed by atoms with van der Waals surface area (Å²) in [5.41, 5.74) is 7.11. The van der Waals surface area contributed by atoms with Crippen LogP contribution in [0.3, 0.4) is 0 Å². The molecule has 0 atom stereocenters. The smallest absolute Gasteiger partial charge is 0.181 e. The minimum absolute atomic E-state index is 0.224. The Kier molecular flexibility index (Phi) is 2.64. The van der Waals surface area contributed by atoms with Crippen LogP contribution in [0.5, 0.6) is 0 Å². The summed E-state index contributed by atoms with van der Waals surface area (Å²) in [5, 5.41) is 3.11. The van der Waals surface area contributed by atoms with Crippen LogP contribution in [-0.4, -0.2) is 10.1 Å². The Balaban J connectivity index is 2.42. The van der Waals surface area contributed by atoms with Gasteiger partial charge in [0.15, 0.2) is 17.3 Å². The van der Waals surface area contributed by atoms with Crippen molar-refractivity contribution in [2.24, 2.45) is 5.73 Å². The van der Waals surface area contributed by atoms with E-state index >= 15 is 0 Å². The lowest BCUT2D eigenvalue weighted by atomic mass is 10.1. The molecule has 0 unspecified atom stereocenters. The fraction of sp³-hybridized carbons (Fsp3) is 0. The van der Waals surface area contributed by atoms with Gasteiger partial charge in [-0.1, -0.05) is 12.1 Å². The van der Waals surface area contributed by atoms with Gasteiger partial charge in [-0.2, -0.15) is 0 Å². The van der Waals surface area contributed by atoms with Crippen molar-refractivity contribution in [2.75, 3.05) is 5.32 Å². The third-order valence-electron chi connectivity index (χ3n) is 1.88. The third kappa shape index (κ3) is 2.13. The minimum atomic E-state index is 0.224. The molecule has 0 radical (unpaired) electrons. The fourth-order valence-electron chi connectivity index (χ4n) is 1.29. The zero-order valence-corrected chi connectivity index (χ0v) is 8.62. The number of thiocarbonyl (C=S) groups is 1. The highest BCUT2D eigenvalue weighted by Gasteiger charge is 2.07. The SMILES string of the molecule is NC(=S)Nc1ccccc1-c1cnco1. The van der Waals surface area contributed by atoms with Crippen LogP contribution in [0, 0.1) is 0 Å². The average Bonchev–Trinajstić information content (AvgIpc) is 2.70. The molecular formula is C10H9N3OS. The van der Waals surface area contributed by atoms with Crippen molar-refractivity contribution in [3.05, 3.63) is 36.9 Å². The molecular weight excluding hydrogens is 210 g/mol. The highest BCUT2D eigenvalue weighted by molar-refractivity contribution is 7.80. The van der Waals surface area contributed by atoms with Crippen LogP contribution in [0.15, 0.2) is 41.3 Å². The van der Waals surface area contributed by atoms with Crippen molar-refractivity contribution in [3.8, 4) is 11.3 Å². The first kappa shape index (κ1) is 9.67. The number of para-hydroxylation sites is 1. The summed E-state index contributed by atoms with van der Waals surface area (Å²) in [7, 11) is 0. The number of nitrogens with zero attached hydrogens (tertiary/aromatic N) is 1. The molecule has 2 aromatic rings. The van der Waals surface area contributed by atoms with Crippen molar-refractivity contribution >= 4 is 23.0 Å². The summed E-state index contributed by atoms with van der Waals surface area (Å²) >= 11 is 4.79. The second kappa shape index (κ2) is 4.10. The zero-order valence-electron chi connectivity index (χ0n) is 7.81. The van der Waals surface area contributed by atoms with Crippen LogP contribution >= 0.6 is 12.2 Å². The van der Waals surface area contributed by atoms with E-state index < -0.39 is 0 Å². The molecule has 3 N–H and O–H groups in total. The molecule has 0 spiro atoms. The number of rotatable bonds is 2. The molecule has 0 aliphatic heterocycles. The lowest BCUT2D eigenvalue weighted by molar-refractivity contribution is 0.572. The van der Waals surface area contributed by atoms with Gasteiger partial charge in [-0.15, -0.1) is 0 Å². The average molecular weight is 219 g/mol. The number of anilines is 1. The van der Waals surface area contributed by atoms with Crippen LogP contribution in [-0.2, 0) is 0 Å². The molecule has 2 rings (SSSR count). The predicted molar refractivity (Wildman–Crippen MR) is 62.3 cm³/mol. The first-order valence-corrected chi connectivity index (χ1v) is 4.72. The Morgan fingerprint density at radius 3 is 2.87 bits per heavy atom. The molecule has 0 aliphatic rings. The van der Waals surface area contributed by atoms with Crippen molar-refractivity contribution < 1.29 is 4.42 Å². The Hall–Kier alpha value is -1.88. The monoisotopic (exact) mass is 219 g/mol. The van der Waals surface area contributed by atoms with E-state index in [2.05, 4.69) is 10.3 Å². The Morgan fingerprint density at radius 1 is 1.40 bits per heavy atom. The largest absolute Gasteiger partial charge is 0.443 e. The second-order valence-electron chi connectivity index (χ2n) is 2.90. The van der Waals surface area contributed by atoms with Gasteiger partial charge in [0.1, 0.15) is 0 Å². The molecule has 0 bridgehead atoms. The Bertz CT molecular complexity index is 467. The lowest BCUT2D eigenvalue weighted by Gasteiger charge is -2.07. The van der Waals surface area contributed by atoms with E-state index in [0.717, 1.165) is 11.3 Å². The van der Waals surface area contributed by atoms with Gasteiger partial charge in [0.2, 0.25) is 0 Å². The van der Waals surface area contributed by atoms with Gasteiger partial charge < -0.3 is 15.5 Å². The highest BCUT2D eigenvalue weighted by atomic mass is 32.1. The first-order chi connectivity index (χ1) is 7.27. The maximum absolute atomic E-state index is 5.42. The number of nitrogens with one attached hydrogen (secondary N) is 1. The minimum Gasteiger partial charge on any atom is -0.443 e. The standard InChI is InChI=1S/C10H9N3OS/c11-10(15)13-8-4-2-1-3-7(8)9-5-12-6-14-9/h1-6H,(H3,11,13,15). The van der Waals surface area contributed by atoms with Gasteiger partial charge in [-0.3, -0.25) is 0 Å². The molecule has 0 fully saturated rings. The van der Waals surface area contributed by atoms with E-state index in [1.165, 1.54) is 6.39 Å². The molecule has 76 valence electrons. The molecule has 0 saturated heterocycles. The number of nitrogens with two attached hydrogens (primary N) is 1. The summed E-state index contributed by atoms with van der Waals surface area (Å²) in [6, 6.07) is 7.57. The number of oxazole rings is 1. The molecule has 0 amide bonds. The van der Waals surface area contributed by atoms with Crippen LogP contribution < -0.4 is 11.1 Å². The molecule has 0 aliphatic carbocycles. The molecule has 15 heavy (non-hydrogen) atoms. The maximum Gasteiger partial charge on any atom is 0.181 e. The maximum atomic E-state index is 5.42. The van der Waals surface area contributed by atoms with Gasteiger partial charge in [0.05, 0.1) is 11.9 Å². The van der Waals surface area contributed by atoms with Crippen LogP contribution in [0.4, 0.5) is 5.69 Å². The normalized spacial score (nSPS) is 9.87. The predicted octanol–water partition coefficient (Wildman–Crippen LogP) is 2.00. The third-order valence-corrected chi connectivity index (χ3v) is 1.98. The summed E-state index contributed by atoms with van der Waals surface area (Å²) in [5.74, 6) is 0.675. The van der Waals surface area contributed by atoms with Crippen molar-refractivity contribution in [1.82, 2.24) is 4.98 Å². The van der Waals surface area contributed by atoms with Gasteiger partial charge in [-0.25, -0.2) is 4.98 Å². The van der Waals surface area contributed by atoms with E-state index in [-0.39, 0.29) is 5.11 Å². The van der Waals surface area contributed by atoms with Crippen LogP contribution in [0.25, 0.3) is 11.3 Å². The second-order valence-corrected chi connectivity index (χ2v) is 3.34. The molecule has 0 saturated carbocycles. The quantitative estimate of drug-likeness (QED) is 0.756. The molecule has 4 nitrogen and oxygen atoms in total. The van der Waals surface area contributed by atoms with E-state index in [1.54, 1.807) is 6.20 Å². The molecule has 1 heterocycles. The topological polar surface area (TPSA) is 64.1 Å². The Morgan fingerprint density at radius 2 is 2.20 bits per heavy atom. The van der Waals surface area contributed by atoms with E-state index in [1.807, 2.05) is 24.3 Å².